The SMILES string of the molecule is CC.CNc1ncn(C)c1C. The fourth-order valence-corrected chi connectivity index (χ4v) is 0.737. The van der Waals surface area contributed by atoms with Crippen molar-refractivity contribution in [1.82, 2.24) is 9.55 Å². The van der Waals surface area contributed by atoms with E-state index in [0.717, 1.165) is 11.5 Å². The molecule has 0 spiro atoms. The number of nitrogens with zero attached hydrogens (tertiary/aromatic N) is 2. The number of anilines is 1. The molecule has 1 heterocycles. The van der Waals surface area contributed by atoms with Crippen molar-refractivity contribution in [2.24, 2.45) is 7.05 Å². The van der Waals surface area contributed by atoms with E-state index in [1.165, 1.54) is 0 Å². The van der Waals surface area contributed by atoms with E-state index in [1.54, 1.807) is 6.33 Å². The maximum atomic E-state index is 4.09. The lowest BCUT2D eigenvalue weighted by Crippen LogP contribution is -1.92. The fraction of sp³-hybridized carbons (Fsp3) is 0.625. The van der Waals surface area contributed by atoms with Crippen LogP contribution in [0.15, 0.2) is 6.33 Å². The number of hydrogen-bond donors (Lipinski definition) is 1. The van der Waals surface area contributed by atoms with Gasteiger partial charge in [0.05, 0.1) is 12.0 Å². The smallest absolute Gasteiger partial charge is 0.146 e. The van der Waals surface area contributed by atoms with E-state index in [0.29, 0.717) is 0 Å². The third kappa shape index (κ3) is 2.26. The highest BCUT2D eigenvalue weighted by Gasteiger charge is 1.98. The van der Waals surface area contributed by atoms with Crippen LogP contribution < -0.4 is 5.32 Å². The highest BCUT2D eigenvalue weighted by atomic mass is 15.1. The topological polar surface area (TPSA) is 29.9 Å². The summed E-state index contributed by atoms with van der Waals surface area (Å²) in [5, 5.41) is 2.98. The number of imidazole rings is 1. The van der Waals surface area contributed by atoms with Gasteiger partial charge in [0.25, 0.3) is 0 Å². The maximum absolute atomic E-state index is 4.09. The molecule has 0 aromatic carbocycles. The largest absolute Gasteiger partial charge is 0.372 e. The molecule has 0 amide bonds. The van der Waals surface area contributed by atoms with E-state index >= 15 is 0 Å². The lowest BCUT2D eigenvalue weighted by molar-refractivity contribution is 0.874. The first kappa shape index (κ1) is 10.0. The molecular weight excluding hydrogens is 138 g/mol. The van der Waals surface area contributed by atoms with Gasteiger partial charge in [-0.1, -0.05) is 13.8 Å². The summed E-state index contributed by atoms with van der Waals surface area (Å²) < 4.78 is 1.98. The minimum atomic E-state index is 0.956. The van der Waals surface area contributed by atoms with E-state index in [9.17, 15) is 0 Å². The van der Waals surface area contributed by atoms with Gasteiger partial charge in [0.15, 0.2) is 0 Å². The summed E-state index contributed by atoms with van der Waals surface area (Å²) in [7, 11) is 3.85. The lowest BCUT2D eigenvalue weighted by atomic mass is 10.5. The average molecular weight is 155 g/mol. The lowest BCUT2D eigenvalue weighted by Gasteiger charge is -1.95. The van der Waals surface area contributed by atoms with Crippen LogP contribution in [-0.2, 0) is 7.05 Å². The molecule has 0 bridgehead atoms. The van der Waals surface area contributed by atoms with E-state index in [1.807, 2.05) is 39.4 Å². The molecule has 0 aliphatic rings. The summed E-state index contributed by atoms with van der Waals surface area (Å²) in [5.74, 6) is 0.956. The molecule has 0 atom stereocenters. The van der Waals surface area contributed by atoms with Crippen molar-refractivity contribution in [2.75, 3.05) is 12.4 Å². The molecule has 3 heteroatoms. The quantitative estimate of drug-likeness (QED) is 0.670. The highest BCUT2D eigenvalue weighted by molar-refractivity contribution is 5.38. The molecule has 64 valence electrons. The van der Waals surface area contributed by atoms with Crippen molar-refractivity contribution in [3.63, 3.8) is 0 Å². The molecule has 3 nitrogen and oxygen atoms in total. The van der Waals surface area contributed by atoms with Gasteiger partial charge in [0.2, 0.25) is 0 Å². The molecular formula is C8H17N3. The third-order valence-corrected chi connectivity index (χ3v) is 1.47. The number of nitrogens with one attached hydrogen (secondary N) is 1. The molecule has 0 unspecified atom stereocenters. The highest BCUT2D eigenvalue weighted by Crippen LogP contribution is 2.07. The van der Waals surface area contributed by atoms with Gasteiger partial charge >= 0.3 is 0 Å². The molecule has 1 aromatic rings. The second-order valence-electron chi connectivity index (χ2n) is 2.04. The van der Waals surface area contributed by atoms with E-state index in [2.05, 4.69) is 10.3 Å². The summed E-state index contributed by atoms with van der Waals surface area (Å²) in [6, 6.07) is 0. The zero-order valence-electron chi connectivity index (χ0n) is 7.97. The molecule has 11 heavy (non-hydrogen) atoms. The van der Waals surface area contributed by atoms with Crippen LogP contribution in [0.25, 0.3) is 0 Å². The Balaban J connectivity index is 0.000000461. The Morgan fingerprint density at radius 1 is 1.45 bits per heavy atom. The van der Waals surface area contributed by atoms with Crippen molar-refractivity contribution in [3.8, 4) is 0 Å². The summed E-state index contributed by atoms with van der Waals surface area (Å²) in [4.78, 5) is 4.09. The van der Waals surface area contributed by atoms with Crippen molar-refractivity contribution in [2.45, 2.75) is 20.8 Å². The zero-order chi connectivity index (χ0) is 8.85. The van der Waals surface area contributed by atoms with Crippen LogP contribution in [0.5, 0.6) is 0 Å². The van der Waals surface area contributed by atoms with Crippen LogP contribution in [0.4, 0.5) is 5.82 Å². The average Bonchev–Trinajstić information content (AvgIpc) is 2.37. The van der Waals surface area contributed by atoms with Crippen molar-refractivity contribution in [3.05, 3.63) is 12.0 Å². The van der Waals surface area contributed by atoms with Crippen molar-refractivity contribution in [1.29, 1.82) is 0 Å². The fourth-order valence-electron chi connectivity index (χ4n) is 0.737. The van der Waals surface area contributed by atoms with Gasteiger partial charge in [-0.15, -0.1) is 0 Å². The first-order valence-electron chi connectivity index (χ1n) is 3.91. The Bertz CT molecular complexity index is 203. The van der Waals surface area contributed by atoms with E-state index < -0.39 is 0 Å². The van der Waals surface area contributed by atoms with Gasteiger partial charge in [0.1, 0.15) is 5.82 Å². The molecule has 0 radical (unpaired) electrons. The maximum Gasteiger partial charge on any atom is 0.146 e. The third-order valence-electron chi connectivity index (χ3n) is 1.47. The van der Waals surface area contributed by atoms with Gasteiger partial charge < -0.3 is 9.88 Å². The Labute approximate surface area is 68.5 Å². The molecule has 1 rings (SSSR count). The molecule has 0 fully saturated rings. The monoisotopic (exact) mass is 155 g/mol. The molecule has 0 saturated heterocycles. The van der Waals surface area contributed by atoms with Crippen LogP contribution in [-0.4, -0.2) is 16.6 Å². The normalized spacial score (nSPS) is 8.45. The summed E-state index contributed by atoms with van der Waals surface area (Å²) in [5.41, 5.74) is 1.16. The zero-order valence-corrected chi connectivity index (χ0v) is 7.97. The van der Waals surface area contributed by atoms with Crippen LogP contribution >= 0.6 is 0 Å². The standard InChI is InChI=1S/C6H11N3.C2H6/c1-5-6(7-2)8-4-9(5)3;1-2/h4,7H,1-3H3;1-2H3. The van der Waals surface area contributed by atoms with E-state index in [-0.39, 0.29) is 0 Å². The van der Waals surface area contributed by atoms with Crippen LogP contribution in [0.2, 0.25) is 0 Å². The second kappa shape index (κ2) is 4.77. The minimum Gasteiger partial charge on any atom is -0.372 e. The first-order chi connectivity index (χ1) is 5.25. The predicted octanol–water partition coefficient (Wildman–Crippen LogP) is 1.80. The summed E-state index contributed by atoms with van der Waals surface area (Å²) in [6.07, 6.45) is 1.79. The second-order valence-corrected chi connectivity index (χ2v) is 2.04. The Morgan fingerprint density at radius 3 is 2.18 bits per heavy atom. The molecule has 0 aliphatic carbocycles. The number of rotatable bonds is 1. The Morgan fingerprint density at radius 2 is 2.00 bits per heavy atom. The molecule has 0 saturated carbocycles. The summed E-state index contributed by atoms with van der Waals surface area (Å²) >= 11 is 0. The first-order valence-corrected chi connectivity index (χ1v) is 3.91. The van der Waals surface area contributed by atoms with Crippen LogP contribution in [0, 0.1) is 6.92 Å². The molecule has 0 aliphatic heterocycles. The van der Waals surface area contributed by atoms with Crippen LogP contribution in [0.1, 0.15) is 19.5 Å². The summed E-state index contributed by atoms with van der Waals surface area (Å²) in [6.45, 7) is 6.03. The molecule has 1 N–H and O–H groups in total. The van der Waals surface area contributed by atoms with Gasteiger partial charge in [-0.3, -0.25) is 0 Å². The predicted molar refractivity (Wildman–Crippen MR) is 48.8 cm³/mol. The van der Waals surface area contributed by atoms with Gasteiger partial charge in [-0.2, -0.15) is 0 Å². The number of hydrogen-bond acceptors (Lipinski definition) is 2. The van der Waals surface area contributed by atoms with Gasteiger partial charge in [-0.25, -0.2) is 4.98 Å². The van der Waals surface area contributed by atoms with Gasteiger partial charge in [-0.05, 0) is 6.92 Å². The molecule has 1 aromatic heterocycles. The van der Waals surface area contributed by atoms with Crippen LogP contribution in [0.3, 0.4) is 0 Å². The van der Waals surface area contributed by atoms with Crippen molar-refractivity contribution >= 4 is 5.82 Å². The Kier molecular flexibility index (Phi) is 4.34. The number of aryl methyl sites for hydroxylation is 1. The Hall–Kier alpha value is -0.990. The number of aromatic nitrogens is 2. The minimum absolute atomic E-state index is 0.956. The van der Waals surface area contributed by atoms with Crippen molar-refractivity contribution < 1.29 is 0 Å². The van der Waals surface area contributed by atoms with E-state index in [4.69, 9.17) is 0 Å². The van der Waals surface area contributed by atoms with Gasteiger partial charge in [0, 0.05) is 14.1 Å².